The molecule has 0 saturated carbocycles. The van der Waals surface area contributed by atoms with Gasteiger partial charge in [0.25, 0.3) is 0 Å². The molecule has 1 amide bonds. The Morgan fingerprint density at radius 1 is 1.11 bits per heavy atom. The van der Waals surface area contributed by atoms with Crippen LogP contribution in [-0.2, 0) is 11.2 Å². The zero-order chi connectivity index (χ0) is 13.4. The number of hydrogen-bond acceptors (Lipinski definition) is 3. The van der Waals surface area contributed by atoms with Crippen LogP contribution in [0.5, 0.6) is 0 Å². The second kappa shape index (κ2) is 4.46. The lowest BCUT2D eigenvalue weighted by atomic mass is 10.0. The maximum atomic E-state index is 11.8. The van der Waals surface area contributed by atoms with Crippen molar-refractivity contribution in [1.29, 1.82) is 0 Å². The van der Waals surface area contributed by atoms with Crippen LogP contribution in [0.3, 0.4) is 0 Å². The Balaban J connectivity index is 2.16. The molecule has 2 aromatic rings. The molecule has 0 aliphatic carbocycles. The molecule has 0 unspecified atom stereocenters. The van der Waals surface area contributed by atoms with E-state index in [0.29, 0.717) is 12.2 Å². The smallest absolute Gasteiger partial charge is 0.228 e. The van der Waals surface area contributed by atoms with E-state index in [9.17, 15) is 4.79 Å². The summed E-state index contributed by atoms with van der Waals surface area (Å²) in [6, 6.07) is 9.84. The van der Waals surface area contributed by atoms with E-state index in [0.717, 1.165) is 29.1 Å². The summed E-state index contributed by atoms with van der Waals surface area (Å²) in [5.74, 6) is 1.55. The molecule has 3 rings (SSSR count). The molecule has 0 spiro atoms. The lowest BCUT2D eigenvalue weighted by Crippen LogP contribution is -2.32. The first-order valence-electron chi connectivity index (χ1n) is 6.36. The van der Waals surface area contributed by atoms with Crippen molar-refractivity contribution in [2.24, 2.45) is 0 Å². The molecule has 4 nitrogen and oxygen atoms in total. The van der Waals surface area contributed by atoms with Crippen LogP contribution in [0.1, 0.15) is 17.7 Å². The largest absolute Gasteiger partial charge is 0.300 e. The van der Waals surface area contributed by atoms with Gasteiger partial charge in [-0.05, 0) is 13.3 Å². The van der Waals surface area contributed by atoms with E-state index in [-0.39, 0.29) is 5.91 Å². The van der Waals surface area contributed by atoms with Gasteiger partial charge in [0.05, 0.1) is 0 Å². The summed E-state index contributed by atoms with van der Waals surface area (Å²) < 4.78 is 0. The van der Waals surface area contributed by atoms with Crippen LogP contribution in [-0.4, -0.2) is 22.9 Å². The molecule has 1 aromatic heterocycles. The first-order chi connectivity index (χ1) is 9.16. The van der Waals surface area contributed by atoms with Crippen molar-refractivity contribution in [2.45, 2.75) is 19.8 Å². The molecule has 1 aliphatic heterocycles. The van der Waals surface area contributed by atoms with Crippen LogP contribution in [0.15, 0.2) is 30.3 Å². The fraction of sp³-hybridized carbons (Fsp3) is 0.267. The summed E-state index contributed by atoms with van der Waals surface area (Å²) in [5.41, 5.74) is 3.02. The van der Waals surface area contributed by atoms with E-state index in [1.54, 1.807) is 11.9 Å². The minimum Gasteiger partial charge on any atom is -0.300 e. The summed E-state index contributed by atoms with van der Waals surface area (Å²) in [6.07, 6.45) is 1.28. The number of carbonyl (C=O) groups excluding carboxylic acids is 1. The second-order valence-electron chi connectivity index (χ2n) is 4.75. The Hall–Kier alpha value is -2.23. The van der Waals surface area contributed by atoms with Gasteiger partial charge in [-0.2, -0.15) is 0 Å². The van der Waals surface area contributed by atoms with Crippen LogP contribution in [0.4, 0.5) is 5.82 Å². The van der Waals surface area contributed by atoms with Gasteiger partial charge >= 0.3 is 0 Å². The molecule has 0 fully saturated rings. The molecule has 0 N–H and O–H groups in total. The molecule has 19 heavy (non-hydrogen) atoms. The predicted octanol–water partition coefficient (Wildman–Crippen LogP) is 2.36. The Morgan fingerprint density at radius 2 is 1.84 bits per heavy atom. The predicted molar refractivity (Wildman–Crippen MR) is 73.9 cm³/mol. The fourth-order valence-electron chi connectivity index (χ4n) is 2.39. The first kappa shape index (κ1) is 11.8. The average Bonchev–Trinajstić information content (AvgIpc) is 2.44. The Bertz CT molecular complexity index is 637. The van der Waals surface area contributed by atoms with Gasteiger partial charge in [0.2, 0.25) is 5.91 Å². The molecule has 96 valence electrons. The minimum absolute atomic E-state index is 0.115. The third-order valence-electron chi connectivity index (χ3n) is 3.50. The van der Waals surface area contributed by atoms with E-state index in [1.165, 1.54) is 0 Å². The van der Waals surface area contributed by atoms with Gasteiger partial charge in [-0.1, -0.05) is 30.3 Å². The highest BCUT2D eigenvalue weighted by Gasteiger charge is 2.25. The summed E-state index contributed by atoms with van der Waals surface area (Å²) >= 11 is 0. The van der Waals surface area contributed by atoms with Crippen molar-refractivity contribution in [1.82, 2.24) is 9.97 Å². The summed E-state index contributed by atoms with van der Waals surface area (Å²) in [7, 11) is 1.78. The quantitative estimate of drug-likeness (QED) is 0.783. The highest BCUT2D eigenvalue weighted by Crippen LogP contribution is 2.29. The molecular weight excluding hydrogens is 238 g/mol. The lowest BCUT2D eigenvalue weighted by molar-refractivity contribution is -0.118. The van der Waals surface area contributed by atoms with Crippen molar-refractivity contribution in [3.63, 3.8) is 0 Å². The lowest BCUT2D eigenvalue weighted by Gasteiger charge is -2.25. The second-order valence-corrected chi connectivity index (χ2v) is 4.75. The molecule has 0 saturated heterocycles. The maximum Gasteiger partial charge on any atom is 0.228 e. The standard InChI is InChI=1S/C15H15N3O/c1-10-12-8-9-13(19)18(2)15(12)17-14(16-10)11-6-4-3-5-7-11/h3-7H,8-9H2,1-2H3. The number of aromatic nitrogens is 2. The molecule has 4 heteroatoms. The molecule has 0 bridgehead atoms. The van der Waals surface area contributed by atoms with Crippen molar-refractivity contribution < 1.29 is 4.79 Å². The molecule has 2 heterocycles. The molecule has 1 aliphatic rings. The number of fused-ring (bicyclic) bond motifs is 1. The van der Waals surface area contributed by atoms with Crippen LogP contribution >= 0.6 is 0 Å². The number of benzene rings is 1. The Morgan fingerprint density at radius 3 is 2.58 bits per heavy atom. The number of aryl methyl sites for hydroxylation is 1. The topological polar surface area (TPSA) is 46.1 Å². The summed E-state index contributed by atoms with van der Waals surface area (Å²) in [5, 5.41) is 0. The van der Waals surface area contributed by atoms with E-state index >= 15 is 0 Å². The highest BCUT2D eigenvalue weighted by molar-refractivity contribution is 5.95. The number of nitrogens with zero attached hydrogens (tertiary/aromatic N) is 3. The first-order valence-corrected chi connectivity index (χ1v) is 6.36. The van der Waals surface area contributed by atoms with E-state index in [1.807, 2.05) is 37.3 Å². The molecular formula is C15H15N3O. The van der Waals surface area contributed by atoms with Crippen molar-refractivity contribution in [3.05, 3.63) is 41.6 Å². The zero-order valence-electron chi connectivity index (χ0n) is 11.1. The van der Waals surface area contributed by atoms with Crippen LogP contribution in [0.25, 0.3) is 11.4 Å². The summed E-state index contributed by atoms with van der Waals surface area (Å²) in [4.78, 5) is 22.6. The van der Waals surface area contributed by atoms with Crippen LogP contribution in [0, 0.1) is 6.92 Å². The minimum atomic E-state index is 0.115. The van der Waals surface area contributed by atoms with Crippen LogP contribution in [0.2, 0.25) is 0 Å². The highest BCUT2D eigenvalue weighted by atomic mass is 16.2. The number of carbonyl (C=O) groups is 1. The van der Waals surface area contributed by atoms with Crippen LogP contribution < -0.4 is 4.90 Å². The van der Waals surface area contributed by atoms with Gasteiger partial charge < -0.3 is 0 Å². The van der Waals surface area contributed by atoms with Gasteiger partial charge in [0.15, 0.2) is 5.82 Å². The number of hydrogen-bond donors (Lipinski definition) is 0. The molecule has 0 radical (unpaired) electrons. The van der Waals surface area contributed by atoms with Gasteiger partial charge in [0.1, 0.15) is 5.82 Å². The van der Waals surface area contributed by atoms with Gasteiger partial charge in [-0.25, -0.2) is 9.97 Å². The molecule has 0 atom stereocenters. The normalized spacial score (nSPS) is 14.4. The third-order valence-corrected chi connectivity index (χ3v) is 3.50. The van der Waals surface area contributed by atoms with Crippen molar-refractivity contribution in [3.8, 4) is 11.4 Å². The van der Waals surface area contributed by atoms with Crippen molar-refractivity contribution in [2.75, 3.05) is 11.9 Å². The Labute approximate surface area is 112 Å². The monoisotopic (exact) mass is 253 g/mol. The van der Waals surface area contributed by atoms with E-state index < -0.39 is 0 Å². The molecule has 1 aromatic carbocycles. The average molecular weight is 253 g/mol. The van der Waals surface area contributed by atoms with E-state index in [2.05, 4.69) is 9.97 Å². The van der Waals surface area contributed by atoms with Gasteiger partial charge in [-0.15, -0.1) is 0 Å². The van der Waals surface area contributed by atoms with Crippen molar-refractivity contribution >= 4 is 11.7 Å². The third kappa shape index (κ3) is 1.99. The van der Waals surface area contributed by atoms with Gasteiger partial charge in [-0.3, -0.25) is 9.69 Å². The maximum absolute atomic E-state index is 11.8. The van der Waals surface area contributed by atoms with E-state index in [4.69, 9.17) is 0 Å². The Kier molecular flexibility index (Phi) is 2.78. The number of amides is 1. The summed E-state index contributed by atoms with van der Waals surface area (Å²) in [6.45, 7) is 1.98. The number of anilines is 1. The fourth-order valence-corrected chi connectivity index (χ4v) is 2.39. The van der Waals surface area contributed by atoms with Gasteiger partial charge in [0, 0.05) is 30.3 Å². The zero-order valence-corrected chi connectivity index (χ0v) is 11.1. The number of rotatable bonds is 1. The SMILES string of the molecule is Cc1nc(-c2ccccc2)nc2c1CCC(=O)N2C.